The second kappa shape index (κ2) is 5.11. The molecule has 2 aromatic heterocycles. The van der Waals surface area contributed by atoms with Gasteiger partial charge in [-0.2, -0.15) is 0 Å². The lowest BCUT2D eigenvalue weighted by Gasteiger charge is -2.05. The van der Waals surface area contributed by atoms with Crippen LogP contribution in [0, 0.1) is 5.82 Å². The van der Waals surface area contributed by atoms with Crippen LogP contribution in [0.2, 0.25) is 5.15 Å². The van der Waals surface area contributed by atoms with E-state index in [2.05, 4.69) is 9.97 Å². The first-order valence-electron chi connectivity index (χ1n) is 5.50. The monoisotopic (exact) mass is 294 g/mol. The number of aromatic nitrogens is 2. The molecule has 0 aliphatic heterocycles. The molecule has 0 radical (unpaired) electrons. The van der Waals surface area contributed by atoms with Gasteiger partial charge in [0.15, 0.2) is 5.82 Å². The van der Waals surface area contributed by atoms with E-state index in [4.69, 9.17) is 16.3 Å². The van der Waals surface area contributed by atoms with Crippen molar-refractivity contribution < 1.29 is 9.13 Å². The largest absolute Gasteiger partial charge is 0.486 e. The van der Waals surface area contributed by atoms with Gasteiger partial charge in [-0.15, -0.1) is 11.3 Å². The Labute approximate surface area is 117 Å². The average Bonchev–Trinajstić information content (AvgIpc) is 2.87. The van der Waals surface area contributed by atoms with Gasteiger partial charge in [0, 0.05) is 5.39 Å². The first-order chi connectivity index (χ1) is 9.22. The van der Waals surface area contributed by atoms with Gasteiger partial charge in [0.25, 0.3) is 0 Å². The molecule has 96 valence electrons. The maximum atomic E-state index is 12.7. The molecule has 0 atom stereocenters. The topological polar surface area (TPSA) is 35.0 Å². The summed E-state index contributed by atoms with van der Waals surface area (Å²) in [4.78, 5) is 9.35. The van der Waals surface area contributed by atoms with Crippen molar-refractivity contribution in [2.24, 2.45) is 0 Å². The van der Waals surface area contributed by atoms with Crippen LogP contribution in [0.1, 0.15) is 5.82 Å². The van der Waals surface area contributed by atoms with Gasteiger partial charge in [-0.25, -0.2) is 14.4 Å². The molecule has 1 aromatic carbocycles. The van der Waals surface area contributed by atoms with Crippen LogP contribution in [0.5, 0.6) is 5.75 Å². The highest BCUT2D eigenvalue weighted by atomic mass is 35.5. The Balaban J connectivity index is 1.79. The summed E-state index contributed by atoms with van der Waals surface area (Å²) < 4.78 is 18.2. The van der Waals surface area contributed by atoms with E-state index in [0.717, 1.165) is 10.2 Å². The van der Waals surface area contributed by atoms with E-state index in [-0.39, 0.29) is 12.4 Å². The molecule has 0 saturated heterocycles. The van der Waals surface area contributed by atoms with Crippen molar-refractivity contribution in [1.82, 2.24) is 9.97 Å². The zero-order chi connectivity index (χ0) is 13.2. The zero-order valence-electron chi connectivity index (χ0n) is 9.64. The molecule has 6 heteroatoms. The summed E-state index contributed by atoms with van der Waals surface area (Å²) >= 11 is 7.56. The van der Waals surface area contributed by atoms with Crippen molar-refractivity contribution in [3.05, 3.63) is 52.5 Å². The molecule has 19 heavy (non-hydrogen) atoms. The molecule has 0 aliphatic rings. The molecule has 3 nitrogen and oxygen atoms in total. The van der Waals surface area contributed by atoms with Crippen molar-refractivity contribution in [2.75, 3.05) is 0 Å². The van der Waals surface area contributed by atoms with Gasteiger partial charge in [0.2, 0.25) is 0 Å². The number of fused-ring (bicyclic) bond motifs is 1. The Morgan fingerprint density at radius 2 is 1.95 bits per heavy atom. The highest BCUT2D eigenvalue weighted by Gasteiger charge is 2.07. The van der Waals surface area contributed by atoms with Crippen LogP contribution in [0.3, 0.4) is 0 Å². The maximum Gasteiger partial charge on any atom is 0.169 e. The van der Waals surface area contributed by atoms with E-state index in [1.165, 1.54) is 23.5 Å². The molecule has 0 unspecified atom stereocenters. The minimum absolute atomic E-state index is 0.194. The lowest BCUT2D eigenvalue weighted by Crippen LogP contribution is -2.01. The molecule has 3 rings (SSSR count). The Kier molecular flexibility index (Phi) is 3.31. The number of ether oxygens (including phenoxy) is 1. The van der Waals surface area contributed by atoms with Crippen LogP contribution in [0.15, 0.2) is 35.7 Å². The lowest BCUT2D eigenvalue weighted by molar-refractivity contribution is 0.296. The highest BCUT2D eigenvalue weighted by molar-refractivity contribution is 7.16. The first-order valence-corrected chi connectivity index (χ1v) is 6.76. The van der Waals surface area contributed by atoms with E-state index < -0.39 is 0 Å². The van der Waals surface area contributed by atoms with E-state index in [1.54, 1.807) is 12.1 Å². The summed E-state index contributed by atoms with van der Waals surface area (Å²) in [5.41, 5.74) is 0. The minimum Gasteiger partial charge on any atom is -0.486 e. The Morgan fingerprint density at radius 1 is 1.16 bits per heavy atom. The van der Waals surface area contributed by atoms with Crippen LogP contribution in [-0.2, 0) is 6.61 Å². The van der Waals surface area contributed by atoms with Crippen LogP contribution in [0.25, 0.3) is 10.2 Å². The van der Waals surface area contributed by atoms with Gasteiger partial charge < -0.3 is 4.74 Å². The number of benzene rings is 1. The first kappa shape index (κ1) is 12.3. The molecule has 0 aliphatic carbocycles. The zero-order valence-corrected chi connectivity index (χ0v) is 11.2. The number of thiophene rings is 1. The maximum absolute atomic E-state index is 12.7. The van der Waals surface area contributed by atoms with E-state index >= 15 is 0 Å². The molecule has 0 fully saturated rings. The molecular weight excluding hydrogens is 287 g/mol. The molecule has 0 spiro atoms. The normalized spacial score (nSPS) is 10.8. The van der Waals surface area contributed by atoms with Crippen molar-refractivity contribution in [1.29, 1.82) is 0 Å². The summed E-state index contributed by atoms with van der Waals surface area (Å²) in [5, 5.41) is 3.18. The van der Waals surface area contributed by atoms with Crippen molar-refractivity contribution in [3.8, 4) is 5.75 Å². The summed E-state index contributed by atoms with van der Waals surface area (Å²) in [6.07, 6.45) is 0. The van der Waals surface area contributed by atoms with Crippen molar-refractivity contribution in [2.45, 2.75) is 6.61 Å². The van der Waals surface area contributed by atoms with Gasteiger partial charge in [0.05, 0.1) is 0 Å². The van der Waals surface area contributed by atoms with Crippen LogP contribution in [0.4, 0.5) is 4.39 Å². The second-order valence-corrected chi connectivity index (χ2v) is 5.07. The van der Waals surface area contributed by atoms with E-state index in [0.29, 0.717) is 16.7 Å². The standard InChI is InChI=1S/C13H8ClFN2OS/c14-12-10-5-6-19-13(10)17-11(16-12)7-18-9-3-1-8(15)2-4-9/h1-6H,7H2. The van der Waals surface area contributed by atoms with Gasteiger partial charge in [-0.1, -0.05) is 11.6 Å². The predicted molar refractivity (Wildman–Crippen MR) is 73.2 cm³/mol. The average molecular weight is 295 g/mol. The number of rotatable bonds is 3. The summed E-state index contributed by atoms with van der Waals surface area (Å²) in [6.45, 7) is 0.194. The lowest BCUT2D eigenvalue weighted by atomic mass is 10.3. The number of hydrogen-bond donors (Lipinski definition) is 0. The molecule has 0 amide bonds. The summed E-state index contributed by atoms with van der Waals surface area (Å²) in [5.74, 6) is 0.767. The Morgan fingerprint density at radius 3 is 2.74 bits per heavy atom. The number of halogens is 2. The molecular formula is C13H8ClFN2OS. The predicted octanol–water partition coefficient (Wildman–Crippen LogP) is 4.06. The fraction of sp³-hybridized carbons (Fsp3) is 0.0769. The van der Waals surface area contributed by atoms with Gasteiger partial charge in [-0.3, -0.25) is 0 Å². The third kappa shape index (κ3) is 2.67. The second-order valence-electron chi connectivity index (χ2n) is 3.81. The third-order valence-electron chi connectivity index (χ3n) is 2.51. The molecule has 3 aromatic rings. The SMILES string of the molecule is Fc1ccc(OCc2nc(Cl)c3ccsc3n2)cc1. The summed E-state index contributed by atoms with van der Waals surface area (Å²) in [6, 6.07) is 7.67. The Bertz CT molecular complexity index is 714. The Hall–Kier alpha value is -1.72. The van der Waals surface area contributed by atoms with Crippen molar-refractivity contribution >= 4 is 33.2 Å². The van der Waals surface area contributed by atoms with Crippen molar-refractivity contribution in [3.63, 3.8) is 0 Å². The van der Waals surface area contributed by atoms with Crippen LogP contribution in [-0.4, -0.2) is 9.97 Å². The molecule has 0 saturated carbocycles. The third-order valence-corrected chi connectivity index (χ3v) is 3.60. The summed E-state index contributed by atoms with van der Waals surface area (Å²) in [7, 11) is 0. The fourth-order valence-electron chi connectivity index (χ4n) is 1.60. The van der Waals surface area contributed by atoms with Gasteiger partial charge >= 0.3 is 0 Å². The van der Waals surface area contributed by atoms with Gasteiger partial charge in [0.1, 0.15) is 28.2 Å². The molecule has 0 bridgehead atoms. The fourth-order valence-corrected chi connectivity index (χ4v) is 2.69. The van der Waals surface area contributed by atoms with E-state index in [9.17, 15) is 4.39 Å². The highest BCUT2D eigenvalue weighted by Crippen LogP contribution is 2.25. The molecule has 0 N–H and O–H groups in total. The quantitative estimate of drug-likeness (QED) is 0.683. The molecule has 2 heterocycles. The van der Waals surface area contributed by atoms with Crippen LogP contribution >= 0.6 is 22.9 Å². The minimum atomic E-state index is -0.299. The van der Waals surface area contributed by atoms with Gasteiger partial charge in [-0.05, 0) is 35.7 Å². The smallest absolute Gasteiger partial charge is 0.169 e. The number of hydrogen-bond acceptors (Lipinski definition) is 4. The van der Waals surface area contributed by atoms with Crippen LogP contribution < -0.4 is 4.74 Å². The van der Waals surface area contributed by atoms with E-state index in [1.807, 2.05) is 11.4 Å². The number of nitrogens with zero attached hydrogens (tertiary/aromatic N) is 2.